The molecule has 1 aliphatic carbocycles. The smallest absolute Gasteiger partial charge is 0.427 e. The lowest BCUT2D eigenvalue weighted by atomic mass is 9.90. The van der Waals surface area contributed by atoms with Crippen molar-refractivity contribution in [2.24, 2.45) is 11.0 Å². The van der Waals surface area contributed by atoms with Gasteiger partial charge in [-0.1, -0.05) is 19.3 Å². The van der Waals surface area contributed by atoms with Gasteiger partial charge in [-0.3, -0.25) is 0 Å². The van der Waals surface area contributed by atoms with E-state index in [0.29, 0.717) is 12.5 Å². The Balaban J connectivity index is 2.15. The molecular weight excluding hydrogens is 180 g/mol. The SMILES string of the molecule is CCOC(=O)N/N=C/C1CCCCC1. The first-order valence-corrected chi connectivity index (χ1v) is 5.29. The van der Waals surface area contributed by atoms with Crippen molar-refractivity contribution in [2.75, 3.05) is 6.61 Å². The summed E-state index contributed by atoms with van der Waals surface area (Å²) in [5.41, 5.74) is 2.34. The summed E-state index contributed by atoms with van der Waals surface area (Å²) >= 11 is 0. The molecule has 4 heteroatoms. The first kappa shape index (κ1) is 11.0. The second-order valence-corrected chi connectivity index (χ2v) is 3.51. The van der Waals surface area contributed by atoms with Gasteiger partial charge in [-0.15, -0.1) is 0 Å². The molecule has 1 N–H and O–H groups in total. The first-order valence-electron chi connectivity index (χ1n) is 5.29. The Labute approximate surface area is 84.7 Å². The van der Waals surface area contributed by atoms with Crippen LogP contribution in [0.25, 0.3) is 0 Å². The molecule has 0 aromatic heterocycles. The molecule has 0 aromatic rings. The molecule has 0 heterocycles. The van der Waals surface area contributed by atoms with E-state index in [2.05, 4.69) is 15.3 Å². The van der Waals surface area contributed by atoms with E-state index in [1.807, 2.05) is 6.21 Å². The lowest BCUT2D eigenvalue weighted by Gasteiger charge is -2.16. The number of hydrogen-bond donors (Lipinski definition) is 1. The van der Waals surface area contributed by atoms with E-state index < -0.39 is 6.09 Å². The Morgan fingerprint density at radius 1 is 1.50 bits per heavy atom. The summed E-state index contributed by atoms with van der Waals surface area (Å²) in [6, 6.07) is 0. The minimum Gasteiger partial charge on any atom is -0.449 e. The van der Waals surface area contributed by atoms with Crippen molar-refractivity contribution in [3.63, 3.8) is 0 Å². The predicted octanol–water partition coefficient (Wildman–Crippen LogP) is 2.30. The molecule has 1 rings (SSSR count). The summed E-state index contributed by atoms with van der Waals surface area (Å²) in [7, 11) is 0. The Morgan fingerprint density at radius 2 is 2.21 bits per heavy atom. The number of carbonyl (C=O) groups is 1. The molecule has 0 aromatic carbocycles. The number of hydrazone groups is 1. The third-order valence-corrected chi connectivity index (χ3v) is 2.37. The molecular formula is C10H18N2O2. The standard InChI is InChI=1S/C10H18N2O2/c1-2-14-10(13)12-11-8-9-6-4-3-5-7-9/h8-9H,2-7H2,1H3,(H,12,13)/b11-8+. The summed E-state index contributed by atoms with van der Waals surface area (Å²) < 4.78 is 4.67. The zero-order valence-corrected chi connectivity index (χ0v) is 8.66. The maximum atomic E-state index is 10.8. The highest BCUT2D eigenvalue weighted by Crippen LogP contribution is 2.21. The highest BCUT2D eigenvalue weighted by molar-refractivity contribution is 5.69. The minimum absolute atomic E-state index is 0.380. The van der Waals surface area contributed by atoms with Crippen LogP contribution in [0.5, 0.6) is 0 Å². The van der Waals surface area contributed by atoms with E-state index in [1.165, 1.54) is 32.1 Å². The Hall–Kier alpha value is -1.06. The van der Waals surface area contributed by atoms with Crippen LogP contribution in [0.2, 0.25) is 0 Å². The Kier molecular flexibility index (Phi) is 5.04. The molecule has 0 atom stereocenters. The van der Waals surface area contributed by atoms with Crippen LogP contribution in [0.1, 0.15) is 39.0 Å². The number of amides is 1. The lowest BCUT2D eigenvalue weighted by Crippen LogP contribution is -2.20. The van der Waals surface area contributed by atoms with Crippen LogP contribution in [0.4, 0.5) is 4.79 Å². The fourth-order valence-corrected chi connectivity index (χ4v) is 1.64. The van der Waals surface area contributed by atoms with Gasteiger partial charge in [0.1, 0.15) is 0 Å². The van der Waals surface area contributed by atoms with Gasteiger partial charge < -0.3 is 4.74 Å². The predicted molar refractivity (Wildman–Crippen MR) is 55.2 cm³/mol. The van der Waals surface area contributed by atoms with Gasteiger partial charge in [-0.25, -0.2) is 10.2 Å². The van der Waals surface area contributed by atoms with Crippen molar-refractivity contribution in [3.8, 4) is 0 Å². The monoisotopic (exact) mass is 198 g/mol. The van der Waals surface area contributed by atoms with Crippen molar-refractivity contribution in [3.05, 3.63) is 0 Å². The lowest BCUT2D eigenvalue weighted by molar-refractivity contribution is 0.152. The summed E-state index contributed by atoms with van der Waals surface area (Å²) in [5, 5.41) is 3.86. The normalized spacial score (nSPS) is 18.4. The van der Waals surface area contributed by atoms with Crippen LogP contribution in [0.15, 0.2) is 5.10 Å². The van der Waals surface area contributed by atoms with Crippen molar-refractivity contribution >= 4 is 12.3 Å². The molecule has 0 unspecified atom stereocenters. The molecule has 4 nitrogen and oxygen atoms in total. The molecule has 1 amide bonds. The summed E-state index contributed by atoms with van der Waals surface area (Å²) in [4.78, 5) is 10.8. The first-order chi connectivity index (χ1) is 6.83. The summed E-state index contributed by atoms with van der Waals surface area (Å²) in [5.74, 6) is 0.533. The van der Waals surface area contributed by atoms with E-state index >= 15 is 0 Å². The molecule has 80 valence electrons. The van der Waals surface area contributed by atoms with Crippen molar-refractivity contribution in [2.45, 2.75) is 39.0 Å². The van der Waals surface area contributed by atoms with Gasteiger partial charge in [0.05, 0.1) is 6.61 Å². The molecule has 14 heavy (non-hydrogen) atoms. The molecule has 1 fully saturated rings. The number of ether oxygens (including phenoxy) is 1. The highest BCUT2D eigenvalue weighted by atomic mass is 16.5. The zero-order valence-electron chi connectivity index (χ0n) is 8.66. The average molecular weight is 198 g/mol. The zero-order chi connectivity index (χ0) is 10.2. The van der Waals surface area contributed by atoms with Crippen LogP contribution in [-0.2, 0) is 4.74 Å². The maximum Gasteiger partial charge on any atom is 0.427 e. The maximum absolute atomic E-state index is 10.8. The van der Waals surface area contributed by atoms with Crippen molar-refractivity contribution < 1.29 is 9.53 Å². The van der Waals surface area contributed by atoms with Gasteiger partial charge in [0, 0.05) is 6.21 Å². The van der Waals surface area contributed by atoms with Gasteiger partial charge in [-0.2, -0.15) is 5.10 Å². The second-order valence-electron chi connectivity index (χ2n) is 3.51. The van der Waals surface area contributed by atoms with Crippen molar-refractivity contribution in [1.82, 2.24) is 5.43 Å². The largest absolute Gasteiger partial charge is 0.449 e. The molecule has 0 spiro atoms. The molecule has 0 aliphatic heterocycles. The van der Waals surface area contributed by atoms with E-state index in [-0.39, 0.29) is 0 Å². The fraction of sp³-hybridized carbons (Fsp3) is 0.800. The number of carbonyl (C=O) groups excluding carboxylic acids is 1. The second kappa shape index (κ2) is 6.40. The molecule has 1 saturated carbocycles. The van der Waals surface area contributed by atoms with Crippen LogP contribution < -0.4 is 5.43 Å². The van der Waals surface area contributed by atoms with Gasteiger partial charge in [0.25, 0.3) is 0 Å². The molecule has 0 bridgehead atoms. The van der Waals surface area contributed by atoms with Gasteiger partial charge in [-0.05, 0) is 25.7 Å². The van der Waals surface area contributed by atoms with Crippen LogP contribution in [0.3, 0.4) is 0 Å². The summed E-state index contributed by atoms with van der Waals surface area (Å²) in [6.45, 7) is 2.15. The summed E-state index contributed by atoms with van der Waals surface area (Å²) in [6.07, 6.45) is 7.61. The topological polar surface area (TPSA) is 50.7 Å². The third kappa shape index (κ3) is 4.25. The van der Waals surface area contributed by atoms with Crippen LogP contribution >= 0.6 is 0 Å². The quantitative estimate of drug-likeness (QED) is 0.558. The van der Waals surface area contributed by atoms with E-state index in [9.17, 15) is 4.79 Å². The number of rotatable bonds is 3. The van der Waals surface area contributed by atoms with Crippen LogP contribution in [0, 0.1) is 5.92 Å². The van der Waals surface area contributed by atoms with Crippen molar-refractivity contribution in [1.29, 1.82) is 0 Å². The number of nitrogens with one attached hydrogen (secondary N) is 1. The van der Waals surface area contributed by atoms with E-state index in [4.69, 9.17) is 0 Å². The molecule has 0 saturated heterocycles. The van der Waals surface area contributed by atoms with Crippen LogP contribution in [-0.4, -0.2) is 18.9 Å². The Morgan fingerprint density at radius 3 is 2.86 bits per heavy atom. The van der Waals surface area contributed by atoms with Gasteiger partial charge >= 0.3 is 6.09 Å². The van der Waals surface area contributed by atoms with E-state index in [0.717, 1.165) is 0 Å². The molecule has 0 radical (unpaired) electrons. The van der Waals surface area contributed by atoms with Gasteiger partial charge in [0.15, 0.2) is 0 Å². The fourth-order valence-electron chi connectivity index (χ4n) is 1.64. The number of hydrogen-bond acceptors (Lipinski definition) is 3. The number of nitrogens with zero attached hydrogens (tertiary/aromatic N) is 1. The van der Waals surface area contributed by atoms with E-state index in [1.54, 1.807) is 6.92 Å². The third-order valence-electron chi connectivity index (χ3n) is 2.37. The highest BCUT2D eigenvalue weighted by Gasteiger charge is 2.10. The molecule has 1 aliphatic rings. The minimum atomic E-state index is -0.473. The Bertz CT molecular complexity index is 198. The average Bonchev–Trinajstić information content (AvgIpc) is 2.20. The van der Waals surface area contributed by atoms with Gasteiger partial charge in [0.2, 0.25) is 0 Å².